The number of aromatic nitrogens is 1. The first-order chi connectivity index (χ1) is 14.1. The van der Waals surface area contributed by atoms with Gasteiger partial charge >= 0.3 is 0 Å². The van der Waals surface area contributed by atoms with Crippen molar-refractivity contribution in [3.63, 3.8) is 0 Å². The van der Waals surface area contributed by atoms with Crippen LogP contribution in [0.2, 0.25) is 5.02 Å². The number of carbonyl (C=O) groups is 2. The molecule has 2 amide bonds. The van der Waals surface area contributed by atoms with Crippen LogP contribution in [0.15, 0.2) is 54.7 Å². The van der Waals surface area contributed by atoms with E-state index in [4.69, 9.17) is 21.1 Å². The maximum Gasteiger partial charge on any atom is 0.258 e. The zero-order chi connectivity index (χ0) is 20.6. The highest BCUT2D eigenvalue weighted by molar-refractivity contribution is 6.35. The normalized spacial score (nSPS) is 10.4. The molecule has 0 unspecified atom stereocenters. The Balaban J connectivity index is 1.42. The van der Waals surface area contributed by atoms with Gasteiger partial charge in [0.15, 0.2) is 6.61 Å². The van der Waals surface area contributed by atoms with E-state index in [0.29, 0.717) is 34.1 Å². The topological polar surface area (TPSA) is 89.6 Å². The van der Waals surface area contributed by atoms with E-state index in [0.717, 1.165) is 5.39 Å². The van der Waals surface area contributed by atoms with E-state index >= 15 is 0 Å². The third-order valence-corrected chi connectivity index (χ3v) is 4.45. The fourth-order valence-electron chi connectivity index (χ4n) is 2.65. The van der Waals surface area contributed by atoms with Gasteiger partial charge in [0.2, 0.25) is 0 Å². The van der Waals surface area contributed by atoms with Crippen LogP contribution in [0, 0.1) is 0 Å². The molecule has 0 atom stereocenters. The first-order valence-electron chi connectivity index (χ1n) is 8.93. The number of hydrogen-bond acceptors (Lipinski definition) is 5. The van der Waals surface area contributed by atoms with E-state index in [1.54, 1.807) is 55.8 Å². The fourth-order valence-corrected chi connectivity index (χ4v) is 2.86. The number of hydrogen-bond donors (Lipinski definition) is 2. The quantitative estimate of drug-likeness (QED) is 0.554. The van der Waals surface area contributed by atoms with Gasteiger partial charge in [0, 0.05) is 30.2 Å². The number of benzene rings is 2. The van der Waals surface area contributed by atoms with Gasteiger partial charge in [0.1, 0.15) is 17.0 Å². The van der Waals surface area contributed by atoms with Crippen LogP contribution in [0.25, 0.3) is 10.9 Å². The van der Waals surface area contributed by atoms with Crippen molar-refractivity contribution in [3.8, 4) is 11.5 Å². The standard InChI is InChI=1S/C21H20ClN3O4/c1-28-15-6-4-14(5-7-15)21(27)25-12-11-23-19(26)13-29-18-9-8-17(22)16-3-2-10-24-20(16)18/h2-10H,11-13H2,1H3,(H,23,26)(H,25,27). The Morgan fingerprint density at radius 3 is 2.55 bits per heavy atom. The monoisotopic (exact) mass is 413 g/mol. The molecule has 7 nitrogen and oxygen atoms in total. The number of nitrogens with zero attached hydrogens (tertiary/aromatic N) is 1. The largest absolute Gasteiger partial charge is 0.497 e. The van der Waals surface area contributed by atoms with E-state index in [1.807, 2.05) is 6.07 Å². The number of halogens is 1. The highest BCUT2D eigenvalue weighted by Crippen LogP contribution is 2.29. The van der Waals surface area contributed by atoms with Crippen molar-refractivity contribution in [1.29, 1.82) is 0 Å². The lowest BCUT2D eigenvalue weighted by Gasteiger charge is -2.10. The molecular formula is C21H20ClN3O4. The highest BCUT2D eigenvalue weighted by atomic mass is 35.5. The Morgan fingerprint density at radius 2 is 1.79 bits per heavy atom. The third-order valence-electron chi connectivity index (χ3n) is 4.12. The Hall–Kier alpha value is -3.32. The van der Waals surface area contributed by atoms with Crippen molar-refractivity contribution in [3.05, 3.63) is 65.3 Å². The maximum atomic E-state index is 12.0. The molecule has 0 bridgehead atoms. The fraction of sp³-hybridized carbons (Fsp3) is 0.190. The average Bonchev–Trinajstić information content (AvgIpc) is 2.76. The van der Waals surface area contributed by atoms with Crippen LogP contribution in [0.5, 0.6) is 11.5 Å². The summed E-state index contributed by atoms with van der Waals surface area (Å²) in [6, 6.07) is 13.8. The number of methoxy groups -OCH3 is 1. The number of fused-ring (bicyclic) bond motifs is 1. The summed E-state index contributed by atoms with van der Waals surface area (Å²) in [4.78, 5) is 28.3. The molecule has 0 aliphatic rings. The van der Waals surface area contributed by atoms with Gasteiger partial charge in [-0.25, -0.2) is 0 Å². The number of pyridine rings is 1. The predicted octanol–water partition coefficient (Wildman–Crippen LogP) is 2.82. The predicted molar refractivity (Wildman–Crippen MR) is 111 cm³/mol. The van der Waals surface area contributed by atoms with E-state index in [1.165, 1.54) is 0 Å². The summed E-state index contributed by atoms with van der Waals surface area (Å²) in [5, 5.41) is 6.75. The molecule has 3 rings (SSSR count). The molecule has 29 heavy (non-hydrogen) atoms. The summed E-state index contributed by atoms with van der Waals surface area (Å²) in [6.45, 7) is 0.408. The van der Waals surface area contributed by atoms with Crippen LogP contribution in [-0.4, -0.2) is 43.6 Å². The highest BCUT2D eigenvalue weighted by Gasteiger charge is 2.09. The lowest BCUT2D eigenvalue weighted by molar-refractivity contribution is -0.123. The number of rotatable bonds is 8. The van der Waals surface area contributed by atoms with Crippen LogP contribution < -0.4 is 20.1 Å². The smallest absolute Gasteiger partial charge is 0.258 e. The summed E-state index contributed by atoms with van der Waals surface area (Å²) in [6.07, 6.45) is 1.64. The Morgan fingerprint density at radius 1 is 1.03 bits per heavy atom. The van der Waals surface area contributed by atoms with Gasteiger partial charge in [0.25, 0.3) is 11.8 Å². The molecule has 0 fully saturated rings. The molecule has 0 aliphatic heterocycles. The molecule has 0 radical (unpaired) electrons. The van der Waals surface area contributed by atoms with E-state index < -0.39 is 0 Å². The van der Waals surface area contributed by atoms with Crippen LogP contribution >= 0.6 is 11.6 Å². The molecule has 1 aromatic heterocycles. The van der Waals surface area contributed by atoms with Gasteiger partial charge in [-0.05, 0) is 48.5 Å². The minimum atomic E-state index is -0.303. The lowest BCUT2D eigenvalue weighted by Crippen LogP contribution is -2.36. The Labute approximate surface area is 173 Å². The van der Waals surface area contributed by atoms with Gasteiger partial charge in [0.05, 0.1) is 12.1 Å². The van der Waals surface area contributed by atoms with Gasteiger partial charge in [-0.1, -0.05) is 11.6 Å². The van der Waals surface area contributed by atoms with Crippen molar-refractivity contribution in [2.45, 2.75) is 0 Å². The molecule has 2 N–H and O–H groups in total. The van der Waals surface area contributed by atoms with E-state index in [2.05, 4.69) is 15.6 Å². The first kappa shape index (κ1) is 20.4. The average molecular weight is 414 g/mol. The minimum Gasteiger partial charge on any atom is -0.497 e. The van der Waals surface area contributed by atoms with Crippen molar-refractivity contribution >= 4 is 34.3 Å². The number of carbonyl (C=O) groups excluding carboxylic acids is 2. The summed E-state index contributed by atoms with van der Waals surface area (Å²) in [7, 11) is 1.56. The molecular weight excluding hydrogens is 394 g/mol. The molecule has 0 saturated carbocycles. The number of amides is 2. The molecule has 2 aromatic carbocycles. The van der Waals surface area contributed by atoms with Gasteiger partial charge in [-0.15, -0.1) is 0 Å². The molecule has 0 saturated heterocycles. The van der Waals surface area contributed by atoms with Crippen molar-refractivity contribution in [1.82, 2.24) is 15.6 Å². The maximum absolute atomic E-state index is 12.0. The van der Waals surface area contributed by atoms with Gasteiger partial charge in [-0.3, -0.25) is 14.6 Å². The second kappa shape index (κ2) is 9.75. The lowest BCUT2D eigenvalue weighted by atomic mass is 10.2. The Bertz CT molecular complexity index is 1010. The van der Waals surface area contributed by atoms with E-state index in [-0.39, 0.29) is 25.0 Å². The van der Waals surface area contributed by atoms with Gasteiger partial charge in [-0.2, -0.15) is 0 Å². The second-order valence-corrected chi connectivity index (χ2v) is 6.48. The van der Waals surface area contributed by atoms with Crippen molar-refractivity contribution in [2.75, 3.05) is 26.8 Å². The third kappa shape index (κ3) is 5.36. The van der Waals surface area contributed by atoms with Crippen LogP contribution in [0.4, 0.5) is 0 Å². The minimum absolute atomic E-state index is 0.167. The molecule has 150 valence electrons. The number of nitrogens with one attached hydrogen (secondary N) is 2. The zero-order valence-electron chi connectivity index (χ0n) is 15.8. The molecule has 0 spiro atoms. The van der Waals surface area contributed by atoms with Crippen LogP contribution in [0.3, 0.4) is 0 Å². The molecule has 8 heteroatoms. The van der Waals surface area contributed by atoms with Crippen molar-refractivity contribution in [2.24, 2.45) is 0 Å². The van der Waals surface area contributed by atoms with Crippen LogP contribution in [-0.2, 0) is 4.79 Å². The van der Waals surface area contributed by atoms with Crippen molar-refractivity contribution < 1.29 is 19.1 Å². The molecule has 1 heterocycles. The summed E-state index contributed by atoms with van der Waals surface area (Å²) in [5.41, 5.74) is 1.11. The first-order valence-corrected chi connectivity index (χ1v) is 9.31. The summed E-state index contributed by atoms with van der Waals surface area (Å²) >= 11 is 6.15. The summed E-state index contributed by atoms with van der Waals surface area (Å²) < 4.78 is 10.6. The molecule has 3 aromatic rings. The Kier molecular flexibility index (Phi) is 6.86. The SMILES string of the molecule is COc1ccc(C(=O)NCCNC(=O)COc2ccc(Cl)c3cccnc23)cc1. The molecule has 0 aliphatic carbocycles. The number of ether oxygens (including phenoxy) is 2. The second-order valence-electron chi connectivity index (χ2n) is 6.07. The van der Waals surface area contributed by atoms with Crippen LogP contribution in [0.1, 0.15) is 10.4 Å². The zero-order valence-corrected chi connectivity index (χ0v) is 16.5. The van der Waals surface area contributed by atoms with E-state index in [9.17, 15) is 9.59 Å². The van der Waals surface area contributed by atoms with Gasteiger partial charge < -0.3 is 20.1 Å². The summed E-state index contributed by atoms with van der Waals surface area (Å²) in [5.74, 6) is 0.630.